The third-order valence-corrected chi connectivity index (χ3v) is 3.09. The van der Waals surface area contributed by atoms with E-state index < -0.39 is 0 Å². The zero-order valence-corrected chi connectivity index (χ0v) is 11.1. The van der Waals surface area contributed by atoms with E-state index in [1.54, 1.807) is 24.3 Å². The topological polar surface area (TPSA) is 66.0 Å². The molecule has 0 spiro atoms. The summed E-state index contributed by atoms with van der Waals surface area (Å²) in [5, 5.41) is 11.6. The van der Waals surface area contributed by atoms with Gasteiger partial charge in [-0.15, -0.1) is 0 Å². The second-order valence-electron chi connectivity index (χ2n) is 3.70. The van der Waals surface area contributed by atoms with Crippen LogP contribution in [0.1, 0.15) is 21.5 Å². The summed E-state index contributed by atoms with van der Waals surface area (Å²) in [6.07, 6.45) is 1.43. The number of aryl methyl sites for hydroxylation is 1. The van der Waals surface area contributed by atoms with Crippen LogP contribution in [0.3, 0.4) is 0 Å². The average molecular weight is 305 g/mol. The second-order valence-corrected chi connectivity index (χ2v) is 4.42. The first-order valence-electron chi connectivity index (χ1n) is 5.17. The van der Waals surface area contributed by atoms with Crippen molar-refractivity contribution in [2.24, 2.45) is 0 Å². The number of nitrogens with zero attached hydrogens (tertiary/aromatic N) is 1. The molecule has 0 radical (unpaired) electrons. The lowest BCUT2D eigenvalue weighted by Crippen LogP contribution is -2.12. The molecule has 0 aliphatic heterocycles. The van der Waals surface area contributed by atoms with Crippen molar-refractivity contribution >= 4 is 27.5 Å². The molecule has 2 rings (SSSR count). The van der Waals surface area contributed by atoms with E-state index in [1.165, 1.54) is 6.26 Å². The van der Waals surface area contributed by atoms with Gasteiger partial charge in [0.1, 0.15) is 0 Å². The lowest BCUT2D eigenvalue weighted by Gasteiger charge is -2.07. The molecule has 4 nitrogen and oxygen atoms in total. The molecule has 0 aliphatic rings. The highest BCUT2D eigenvalue weighted by atomic mass is 79.9. The van der Waals surface area contributed by atoms with Gasteiger partial charge in [0.25, 0.3) is 5.91 Å². The van der Waals surface area contributed by atoms with Crippen LogP contribution in [0.15, 0.2) is 39.6 Å². The number of nitrogens with one attached hydrogen (secondary N) is 1. The van der Waals surface area contributed by atoms with Crippen molar-refractivity contribution in [2.75, 3.05) is 5.32 Å². The van der Waals surface area contributed by atoms with Crippen LogP contribution in [-0.2, 0) is 0 Å². The Kier molecular flexibility index (Phi) is 3.49. The minimum Gasteiger partial charge on any atom is -0.457 e. The number of carbonyl (C=O) groups is 1. The van der Waals surface area contributed by atoms with E-state index in [0.29, 0.717) is 21.5 Å². The van der Waals surface area contributed by atoms with E-state index in [4.69, 9.17) is 9.68 Å². The highest BCUT2D eigenvalue weighted by Crippen LogP contribution is 2.21. The Morgan fingerprint density at radius 2 is 2.22 bits per heavy atom. The molecule has 0 saturated carbocycles. The Morgan fingerprint density at radius 3 is 2.83 bits per heavy atom. The molecule has 1 heterocycles. The van der Waals surface area contributed by atoms with Crippen LogP contribution in [0.4, 0.5) is 5.69 Å². The minimum absolute atomic E-state index is 0.284. The molecule has 18 heavy (non-hydrogen) atoms. The summed E-state index contributed by atoms with van der Waals surface area (Å²) in [5.74, 6) is -0.284. The van der Waals surface area contributed by atoms with Gasteiger partial charge in [-0.1, -0.05) is 6.07 Å². The van der Waals surface area contributed by atoms with Crippen LogP contribution in [0.2, 0.25) is 0 Å². The van der Waals surface area contributed by atoms with Gasteiger partial charge in [0.05, 0.1) is 23.5 Å². The summed E-state index contributed by atoms with van der Waals surface area (Å²) in [7, 11) is 0. The maximum Gasteiger partial charge on any atom is 0.260 e. The summed E-state index contributed by atoms with van der Waals surface area (Å²) in [4.78, 5) is 12.0. The summed E-state index contributed by atoms with van der Waals surface area (Å²) in [6.45, 7) is 1.86. The Morgan fingerprint density at radius 1 is 1.44 bits per heavy atom. The van der Waals surface area contributed by atoms with Crippen LogP contribution in [0.5, 0.6) is 0 Å². The Balaban J connectivity index is 2.27. The largest absolute Gasteiger partial charge is 0.457 e. The number of halogens is 1. The average Bonchev–Trinajstić information content (AvgIpc) is 2.78. The SMILES string of the molecule is Cc1ccc(C#N)cc1NC(=O)c1ccoc1Br. The van der Waals surface area contributed by atoms with Crippen molar-refractivity contribution in [2.45, 2.75) is 6.92 Å². The third kappa shape index (κ3) is 2.44. The van der Waals surface area contributed by atoms with Gasteiger partial charge in [0.2, 0.25) is 0 Å². The van der Waals surface area contributed by atoms with Crippen molar-refractivity contribution in [3.63, 3.8) is 0 Å². The monoisotopic (exact) mass is 304 g/mol. The number of hydrogen-bond donors (Lipinski definition) is 1. The summed E-state index contributed by atoms with van der Waals surface area (Å²) in [6, 6.07) is 8.74. The van der Waals surface area contributed by atoms with Crippen molar-refractivity contribution < 1.29 is 9.21 Å². The molecule has 2 aromatic rings. The molecule has 0 aliphatic carbocycles. The van der Waals surface area contributed by atoms with E-state index in [-0.39, 0.29) is 5.91 Å². The zero-order chi connectivity index (χ0) is 13.1. The van der Waals surface area contributed by atoms with Crippen molar-refractivity contribution in [3.05, 3.63) is 51.9 Å². The molecule has 5 heteroatoms. The number of amides is 1. The predicted octanol–water partition coefficient (Wildman–Crippen LogP) is 3.47. The smallest absolute Gasteiger partial charge is 0.260 e. The molecule has 1 aromatic heterocycles. The second kappa shape index (κ2) is 5.07. The molecular formula is C13H9BrN2O2. The van der Waals surface area contributed by atoms with Crippen LogP contribution < -0.4 is 5.32 Å². The molecule has 0 fully saturated rings. The van der Waals surface area contributed by atoms with Gasteiger partial charge in [-0.25, -0.2) is 0 Å². The van der Waals surface area contributed by atoms with Crippen LogP contribution in [-0.4, -0.2) is 5.91 Å². The molecule has 0 unspecified atom stereocenters. The molecule has 1 amide bonds. The predicted molar refractivity (Wildman–Crippen MR) is 70.3 cm³/mol. The normalized spacial score (nSPS) is 9.83. The third-order valence-electron chi connectivity index (χ3n) is 2.48. The fourth-order valence-electron chi connectivity index (χ4n) is 1.47. The van der Waals surface area contributed by atoms with Gasteiger partial charge in [0, 0.05) is 5.69 Å². The molecule has 0 atom stereocenters. The molecule has 0 bridgehead atoms. The van der Waals surface area contributed by atoms with E-state index in [1.807, 2.05) is 13.0 Å². The molecule has 1 N–H and O–H groups in total. The van der Waals surface area contributed by atoms with Gasteiger partial charge >= 0.3 is 0 Å². The number of anilines is 1. The van der Waals surface area contributed by atoms with E-state index in [2.05, 4.69) is 21.2 Å². The van der Waals surface area contributed by atoms with Crippen LogP contribution >= 0.6 is 15.9 Å². The maximum atomic E-state index is 12.0. The number of furan rings is 1. The van der Waals surface area contributed by atoms with E-state index in [9.17, 15) is 4.79 Å². The Hall–Kier alpha value is -2.06. The summed E-state index contributed by atoms with van der Waals surface area (Å²) < 4.78 is 5.39. The first-order chi connectivity index (χ1) is 8.61. The van der Waals surface area contributed by atoms with Crippen LogP contribution in [0, 0.1) is 18.3 Å². The maximum absolute atomic E-state index is 12.0. The summed E-state index contributed by atoms with van der Waals surface area (Å²) >= 11 is 3.15. The highest BCUT2D eigenvalue weighted by molar-refractivity contribution is 9.10. The van der Waals surface area contributed by atoms with Crippen molar-refractivity contribution in [1.82, 2.24) is 0 Å². The van der Waals surface area contributed by atoms with Gasteiger partial charge in [0.15, 0.2) is 4.67 Å². The fraction of sp³-hybridized carbons (Fsp3) is 0.0769. The first-order valence-corrected chi connectivity index (χ1v) is 5.96. The number of rotatable bonds is 2. The van der Waals surface area contributed by atoms with Gasteiger partial charge < -0.3 is 9.73 Å². The molecule has 1 aromatic carbocycles. The fourth-order valence-corrected chi connectivity index (χ4v) is 1.89. The number of benzene rings is 1. The highest BCUT2D eigenvalue weighted by Gasteiger charge is 2.13. The quantitative estimate of drug-likeness (QED) is 0.923. The van der Waals surface area contributed by atoms with E-state index in [0.717, 1.165) is 5.56 Å². The number of nitriles is 1. The van der Waals surface area contributed by atoms with Gasteiger partial charge in [-0.3, -0.25) is 4.79 Å². The Labute approximate surface area is 112 Å². The molecule has 0 saturated heterocycles. The van der Waals surface area contributed by atoms with Crippen molar-refractivity contribution in [1.29, 1.82) is 5.26 Å². The standard InChI is InChI=1S/C13H9BrN2O2/c1-8-2-3-9(7-15)6-11(8)16-13(17)10-4-5-18-12(10)14/h2-6H,1H3,(H,16,17). The Bertz CT molecular complexity index is 641. The summed E-state index contributed by atoms with van der Waals surface area (Å²) in [5.41, 5.74) is 2.42. The first kappa shape index (κ1) is 12.4. The molecular weight excluding hydrogens is 296 g/mol. The lowest BCUT2D eigenvalue weighted by molar-refractivity contribution is 0.102. The van der Waals surface area contributed by atoms with Crippen LogP contribution in [0.25, 0.3) is 0 Å². The molecule has 90 valence electrons. The zero-order valence-electron chi connectivity index (χ0n) is 9.53. The van der Waals surface area contributed by atoms with Gasteiger partial charge in [-0.2, -0.15) is 5.26 Å². The van der Waals surface area contributed by atoms with E-state index >= 15 is 0 Å². The lowest BCUT2D eigenvalue weighted by atomic mass is 10.1. The van der Waals surface area contributed by atoms with Crippen molar-refractivity contribution in [3.8, 4) is 6.07 Å². The number of hydrogen-bond acceptors (Lipinski definition) is 3. The van der Waals surface area contributed by atoms with Gasteiger partial charge in [-0.05, 0) is 46.6 Å². The number of carbonyl (C=O) groups excluding carboxylic acids is 1. The minimum atomic E-state index is -0.284.